The molecule has 5 heteroatoms. The molecule has 1 unspecified atom stereocenters. The molecule has 4 nitrogen and oxygen atoms in total. The van der Waals surface area contributed by atoms with Gasteiger partial charge in [0.1, 0.15) is 0 Å². The van der Waals surface area contributed by atoms with Crippen molar-refractivity contribution in [2.45, 2.75) is 45.1 Å². The zero-order valence-corrected chi connectivity index (χ0v) is 14.1. The molecule has 0 saturated heterocycles. The van der Waals surface area contributed by atoms with Crippen molar-refractivity contribution >= 4 is 17.2 Å². The zero-order chi connectivity index (χ0) is 16.7. The molecule has 23 heavy (non-hydrogen) atoms. The lowest BCUT2D eigenvalue weighted by Gasteiger charge is -2.11. The average molecular weight is 333 g/mol. The van der Waals surface area contributed by atoms with E-state index in [1.807, 2.05) is 24.3 Å². The fourth-order valence-electron chi connectivity index (χ4n) is 2.43. The van der Waals surface area contributed by atoms with Gasteiger partial charge in [-0.05, 0) is 47.4 Å². The number of benzene rings is 1. The van der Waals surface area contributed by atoms with Crippen molar-refractivity contribution in [1.82, 2.24) is 5.48 Å². The first kappa shape index (κ1) is 17.7. The van der Waals surface area contributed by atoms with E-state index in [-0.39, 0.29) is 12.3 Å². The number of hydroxylamine groups is 1. The third kappa shape index (κ3) is 5.16. The number of carbonyl (C=O) groups is 1. The van der Waals surface area contributed by atoms with Crippen molar-refractivity contribution in [3.63, 3.8) is 0 Å². The van der Waals surface area contributed by atoms with Crippen molar-refractivity contribution in [2.24, 2.45) is 0 Å². The van der Waals surface area contributed by atoms with Crippen LogP contribution in [0.1, 0.15) is 49.8 Å². The van der Waals surface area contributed by atoms with Crippen LogP contribution in [0.2, 0.25) is 0 Å². The quantitative estimate of drug-likeness (QED) is 0.387. The van der Waals surface area contributed by atoms with Crippen LogP contribution in [0.15, 0.2) is 35.7 Å². The van der Waals surface area contributed by atoms with Crippen LogP contribution in [0.3, 0.4) is 0 Å². The minimum atomic E-state index is -0.518. The van der Waals surface area contributed by atoms with E-state index in [9.17, 15) is 9.90 Å². The molecule has 0 saturated carbocycles. The van der Waals surface area contributed by atoms with Crippen LogP contribution in [-0.4, -0.2) is 16.2 Å². The highest BCUT2D eigenvalue weighted by molar-refractivity contribution is 7.13. The summed E-state index contributed by atoms with van der Waals surface area (Å²) in [6.07, 6.45) is 2.80. The summed E-state index contributed by atoms with van der Waals surface area (Å²) < 4.78 is 0. The maximum atomic E-state index is 10.9. The number of hydrogen-bond donors (Lipinski definition) is 3. The van der Waals surface area contributed by atoms with E-state index in [0.29, 0.717) is 12.8 Å². The SMILES string of the molecule is CCc1csc(-c2ccc(C(O)CCCCC(=O)NO)cc2)c1. The third-order valence-electron chi connectivity index (χ3n) is 3.90. The van der Waals surface area contributed by atoms with Gasteiger partial charge in [0.2, 0.25) is 5.91 Å². The maximum absolute atomic E-state index is 10.9. The summed E-state index contributed by atoms with van der Waals surface area (Å²) in [5.74, 6) is -0.383. The fourth-order valence-corrected chi connectivity index (χ4v) is 3.43. The van der Waals surface area contributed by atoms with Crippen molar-refractivity contribution < 1.29 is 15.1 Å². The molecular weight excluding hydrogens is 310 g/mol. The number of unbranched alkanes of at least 4 members (excludes halogenated alkanes) is 1. The van der Waals surface area contributed by atoms with Crippen LogP contribution in [0, 0.1) is 0 Å². The number of aryl methyl sites for hydroxylation is 1. The predicted molar refractivity (Wildman–Crippen MR) is 92.5 cm³/mol. The van der Waals surface area contributed by atoms with Crippen molar-refractivity contribution in [3.8, 4) is 10.4 Å². The van der Waals surface area contributed by atoms with E-state index < -0.39 is 6.10 Å². The lowest BCUT2D eigenvalue weighted by molar-refractivity contribution is -0.129. The number of aliphatic hydroxyl groups is 1. The Morgan fingerprint density at radius 2 is 2.00 bits per heavy atom. The minimum Gasteiger partial charge on any atom is -0.388 e. The van der Waals surface area contributed by atoms with Gasteiger partial charge < -0.3 is 5.11 Å². The van der Waals surface area contributed by atoms with Gasteiger partial charge in [0.15, 0.2) is 0 Å². The molecule has 0 fully saturated rings. The Kier molecular flexibility index (Phi) is 6.77. The number of aliphatic hydroxyl groups excluding tert-OH is 1. The van der Waals surface area contributed by atoms with E-state index in [0.717, 1.165) is 18.4 Å². The lowest BCUT2D eigenvalue weighted by Crippen LogP contribution is -2.17. The van der Waals surface area contributed by atoms with Crippen molar-refractivity contribution in [1.29, 1.82) is 0 Å². The molecule has 2 rings (SSSR count). The number of carbonyl (C=O) groups excluding carboxylic acids is 1. The average Bonchev–Trinajstić information content (AvgIpc) is 3.07. The van der Waals surface area contributed by atoms with E-state index in [1.54, 1.807) is 16.8 Å². The molecule has 1 aromatic heterocycles. The first-order chi connectivity index (χ1) is 11.1. The van der Waals surface area contributed by atoms with Crippen molar-refractivity contribution in [2.75, 3.05) is 0 Å². The molecule has 0 aliphatic carbocycles. The molecule has 2 aromatic rings. The third-order valence-corrected chi connectivity index (χ3v) is 4.93. The largest absolute Gasteiger partial charge is 0.388 e. The number of rotatable bonds is 8. The second kappa shape index (κ2) is 8.82. The topological polar surface area (TPSA) is 69.6 Å². The van der Waals surface area contributed by atoms with Crippen LogP contribution < -0.4 is 5.48 Å². The maximum Gasteiger partial charge on any atom is 0.243 e. The molecular formula is C18H23NO3S. The van der Waals surface area contributed by atoms with E-state index >= 15 is 0 Å². The van der Waals surface area contributed by atoms with Gasteiger partial charge in [0.25, 0.3) is 0 Å². The summed E-state index contributed by atoms with van der Waals surface area (Å²) in [5.41, 5.74) is 5.03. The molecule has 3 N–H and O–H groups in total. The monoisotopic (exact) mass is 333 g/mol. The highest BCUT2D eigenvalue weighted by Gasteiger charge is 2.09. The molecule has 1 amide bonds. The molecule has 0 aliphatic rings. The van der Waals surface area contributed by atoms with Crippen LogP contribution in [0.25, 0.3) is 10.4 Å². The Morgan fingerprint density at radius 3 is 2.61 bits per heavy atom. The van der Waals surface area contributed by atoms with Crippen LogP contribution in [0.5, 0.6) is 0 Å². The van der Waals surface area contributed by atoms with E-state index in [2.05, 4.69) is 18.4 Å². The zero-order valence-electron chi connectivity index (χ0n) is 13.3. The second-order valence-corrected chi connectivity index (χ2v) is 6.50. The van der Waals surface area contributed by atoms with E-state index in [4.69, 9.17) is 5.21 Å². The number of hydrogen-bond acceptors (Lipinski definition) is 4. The normalized spacial score (nSPS) is 12.1. The first-order valence-corrected chi connectivity index (χ1v) is 8.80. The van der Waals surface area contributed by atoms with Gasteiger partial charge in [-0.2, -0.15) is 0 Å². The van der Waals surface area contributed by atoms with Crippen LogP contribution in [0.4, 0.5) is 0 Å². The summed E-state index contributed by atoms with van der Waals surface area (Å²) in [4.78, 5) is 12.1. The van der Waals surface area contributed by atoms with Gasteiger partial charge in [-0.1, -0.05) is 37.6 Å². The smallest absolute Gasteiger partial charge is 0.243 e. The van der Waals surface area contributed by atoms with Gasteiger partial charge in [0, 0.05) is 11.3 Å². The van der Waals surface area contributed by atoms with Gasteiger partial charge in [-0.25, -0.2) is 5.48 Å². The first-order valence-electron chi connectivity index (χ1n) is 7.92. The Hall–Kier alpha value is -1.69. The summed E-state index contributed by atoms with van der Waals surface area (Å²) in [5, 5.41) is 20.8. The van der Waals surface area contributed by atoms with Gasteiger partial charge in [-0.15, -0.1) is 11.3 Å². The highest BCUT2D eigenvalue weighted by atomic mass is 32.1. The fraction of sp³-hybridized carbons (Fsp3) is 0.389. The van der Waals surface area contributed by atoms with Gasteiger partial charge in [-0.3, -0.25) is 10.0 Å². The summed E-state index contributed by atoms with van der Waals surface area (Å²) in [6, 6.07) is 10.2. The highest BCUT2D eigenvalue weighted by Crippen LogP contribution is 2.29. The predicted octanol–water partition coefficient (Wildman–Crippen LogP) is 4.08. The molecule has 1 aromatic carbocycles. The number of amides is 1. The Labute approximate surface area is 140 Å². The molecule has 0 spiro atoms. The summed E-state index contributed by atoms with van der Waals surface area (Å²) in [7, 11) is 0. The molecule has 0 bridgehead atoms. The summed E-state index contributed by atoms with van der Waals surface area (Å²) >= 11 is 1.74. The van der Waals surface area contributed by atoms with Crippen molar-refractivity contribution in [3.05, 3.63) is 46.8 Å². The Balaban J connectivity index is 1.87. The van der Waals surface area contributed by atoms with Crippen LogP contribution in [-0.2, 0) is 11.2 Å². The van der Waals surface area contributed by atoms with Crippen LogP contribution >= 0.6 is 11.3 Å². The van der Waals surface area contributed by atoms with Gasteiger partial charge in [0.05, 0.1) is 6.10 Å². The number of nitrogens with one attached hydrogen (secondary N) is 1. The molecule has 1 atom stereocenters. The molecule has 124 valence electrons. The summed E-state index contributed by atoms with van der Waals surface area (Å²) in [6.45, 7) is 2.15. The standard InChI is InChI=1S/C18H23NO3S/c1-2-13-11-17(23-12-13)15-9-7-14(8-10-15)16(20)5-3-4-6-18(21)19-22/h7-12,16,20,22H,2-6H2,1H3,(H,19,21). The molecule has 0 aliphatic heterocycles. The van der Waals surface area contributed by atoms with Gasteiger partial charge >= 0.3 is 0 Å². The Bertz CT molecular complexity index is 621. The second-order valence-electron chi connectivity index (χ2n) is 5.59. The Morgan fingerprint density at radius 1 is 1.26 bits per heavy atom. The lowest BCUT2D eigenvalue weighted by atomic mass is 10.0. The minimum absolute atomic E-state index is 0.278. The van der Waals surface area contributed by atoms with E-state index in [1.165, 1.54) is 16.0 Å². The molecule has 1 heterocycles. The molecule has 0 radical (unpaired) electrons. The number of thiophene rings is 1.